The van der Waals surface area contributed by atoms with Gasteiger partial charge in [-0.1, -0.05) is 0 Å². The molecule has 1 rings (SSSR count). The van der Waals surface area contributed by atoms with E-state index in [1.54, 1.807) is 0 Å². The Hall–Kier alpha value is -2.11. The van der Waals surface area contributed by atoms with Gasteiger partial charge in [-0.05, 0) is 26.0 Å². The van der Waals surface area contributed by atoms with Gasteiger partial charge in [-0.3, -0.25) is 10.1 Å². The molecule has 0 radical (unpaired) electrons. The molecule has 0 amide bonds. The fourth-order valence-corrected chi connectivity index (χ4v) is 1.25. The first-order chi connectivity index (χ1) is 7.41. The third kappa shape index (κ3) is 2.69. The van der Waals surface area contributed by atoms with E-state index in [2.05, 4.69) is 5.32 Å². The van der Waals surface area contributed by atoms with Gasteiger partial charge in [-0.15, -0.1) is 0 Å². The molecule has 6 nitrogen and oxygen atoms in total. The van der Waals surface area contributed by atoms with Crippen molar-refractivity contribution in [2.24, 2.45) is 0 Å². The van der Waals surface area contributed by atoms with Crippen molar-refractivity contribution >= 4 is 17.3 Å². The molecule has 2 N–H and O–H groups in total. The van der Waals surface area contributed by atoms with Gasteiger partial charge in [0.25, 0.3) is 5.69 Å². The molecule has 0 bridgehead atoms. The summed E-state index contributed by atoms with van der Waals surface area (Å²) < 4.78 is 0. The minimum Gasteiger partial charge on any atom is -0.478 e. The molecule has 0 spiro atoms. The Bertz CT molecular complexity index is 429. The zero-order valence-electron chi connectivity index (χ0n) is 8.93. The first kappa shape index (κ1) is 12.0. The minimum atomic E-state index is -1.11. The van der Waals surface area contributed by atoms with E-state index in [-0.39, 0.29) is 23.0 Å². The van der Waals surface area contributed by atoms with Crippen LogP contribution in [0.4, 0.5) is 11.4 Å². The van der Waals surface area contributed by atoms with Gasteiger partial charge in [0.15, 0.2) is 0 Å². The van der Waals surface area contributed by atoms with E-state index in [1.165, 1.54) is 18.2 Å². The smallest absolute Gasteiger partial charge is 0.335 e. The monoisotopic (exact) mass is 224 g/mol. The van der Waals surface area contributed by atoms with E-state index >= 15 is 0 Å². The maximum absolute atomic E-state index is 10.7. The average Bonchev–Trinajstić information content (AvgIpc) is 2.15. The maximum atomic E-state index is 10.7. The number of nitrogens with one attached hydrogen (secondary N) is 1. The van der Waals surface area contributed by atoms with Crippen LogP contribution in [0.15, 0.2) is 18.2 Å². The summed E-state index contributed by atoms with van der Waals surface area (Å²) in [6.07, 6.45) is 0. The van der Waals surface area contributed by atoms with Gasteiger partial charge in [0.05, 0.1) is 10.5 Å². The van der Waals surface area contributed by atoms with Crippen LogP contribution in [0.25, 0.3) is 0 Å². The largest absolute Gasteiger partial charge is 0.478 e. The standard InChI is InChI=1S/C10H12N2O4/c1-6(2)11-8-5-7(10(13)14)3-4-9(8)12(15)16/h3-6,11H,1-2H3,(H,13,14). The Morgan fingerprint density at radius 2 is 2.12 bits per heavy atom. The third-order valence-corrected chi connectivity index (χ3v) is 1.88. The van der Waals surface area contributed by atoms with E-state index in [0.29, 0.717) is 0 Å². The van der Waals surface area contributed by atoms with Crippen molar-refractivity contribution in [1.29, 1.82) is 0 Å². The third-order valence-electron chi connectivity index (χ3n) is 1.88. The van der Waals surface area contributed by atoms with Gasteiger partial charge in [-0.25, -0.2) is 4.79 Å². The number of hydrogen-bond acceptors (Lipinski definition) is 4. The van der Waals surface area contributed by atoms with Crippen LogP contribution in [-0.2, 0) is 0 Å². The van der Waals surface area contributed by atoms with Crippen molar-refractivity contribution in [1.82, 2.24) is 0 Å². The van der Waals surface area contributed by atoms with Gasteiger partial charge in [-0.2, -0.15) is 0 Å². The number of aromatic carboxylic acids is 1. The van der Waals surface area contributed by atoms with E-state index in [9.17, 15) is 14.9 Å². The second-order valence-corrected chi connectivity index (χ2v) is 3.59. The van der Waals surface area contributed by atoms with Gasteiger partial charge in [0.2, 0.25) is 0 Å². The number of nitro groups is 1. The van der Waals surface area contributed by atoms with Gasteiger partial charge in [0, 0.05) is 12.1 Å². The zero-order valence-corrected chi connectivity index (χ0v) is 8.93. The first-order valence-corrected chi connectivity index (χ1v) is 4.70. The number of benzene rings is 1. The highest BCUT2D eigenvalue weighted by Gasteiger charge is 2.16. The molecule has 0 heterocycles. The lowest BCUT2D eigenvalue weighted by atomic mass is 10.1. The van der Waals surface area contributed by atoms with Crippen LogP contribution < -0.4 is 5.32 Å². The van der Waals surface area contributed by atoms with E-state index < -0.39 is 10.9 Å². The van der Waals surface area contributed by atoms with Crippen LogP contribution in [0.3, 0.4) is 0 Å². The number of carbonyl (C=O) groups is 1. The number of anilines is 1. The SMILES string of the molecule is CC(C)Nc1cc(C(=O)O)ccc1[N+](=O)[O-]. The molecule has 16 heavy (non-hydrogen) atoms. The first-order valence-electron chi connectivity index (χ1n) is 4.70. The normalized spacial score (nSPS) is 10.2. The Kier molecular flexibility index (Phi) is 3.44. The molecular formula is C10H12N2O4. The summed E-state index contributed by atoms with van der Waals surface area (Å²) in [5.74, 6) is -1.11. The van der Waals surface area contributed by atoms with Gasteiger partial charge < -0.3 is 10.4 Å². The number of carboxylic acids is 1. The zero-order chi connectivity index (χ0) is 12.3. The summed E-state index contributed by atoms with van der Waals surface area (Å²) >= 11 is 0. The molecule has 0 unspecified atom stereocenters. The van der Waals surface area contributed by atoms with Crippen LogP contribution in [-0.4, -0.2) is 22.0 Å². The molecule has 6 heteroatoms. The summed E-state index contributed by atoms with van der Waals surface area (Å²) in [6, 6.07) is 3.66. The lowest BCUT2D eigenvalue weighted by Gasteiger charge is -2.10. The summed E-state index contributed by atoms with van der Waals surface area (Å²) in [5, 5.41) is 22.3. The quantitative estimate of drug-likeness (QED) is 0.603. The molecule has 1 aromatic rings. The molecule has 1 aromatic carbocycles. The molecule has 0 saturated carbocycles. The van der Waals surface area contributed by atoms with Crippen LogP contribution in [0, 0.1) is 10.1 Å². The minimum absolute atomic E-state index is 0.0113. The van der Waals surface area contributed by atoms with Gasteiger partial charge >= 0.3 is 5.97 Å². The highest BCUT2D eigenvalue weighted by Crippen LogP contribution is 2.26. The molecule has 0 fully saturated rings. The number of carboxylic acid groups (broad SMARTS) is 1. The fraction of sp³-hybridized carbons (Fsp3) is 0.300. The summed E-state index contributed by atoms with van der Waals surface area (Å²) in [5.41, 5.74) is 0.118. The molecule has 0 aliphatic rings. The molecule has 86 valence electrons. The number of nitrogens with zero attached hydrogens (tertiary/aromatic N) is 1. The van der Waals surface area contributed by atoms with Gasteiger partial charge in [0.1, 0.15) is 5.69 Å². The predicted octanol–water partition coefficient (Wildman–Crippen LogP) is 2.11. The van der Waals surface area contributed by atoms with Crippen molar-refractivity contribution in [3.05, 3.63) is 33.9 Å². The molecular weight excluding hydrogens is 212 g/mol. The molecule has 0 saturated heterocycles. The van der Waals surface area contributed by atoms with Crippen LogP contribution >= 0.6 is 0 Å². The Morgan fingerprint density at radius 1 is 1.50 bits per heavy atom. The van der Waals surface area contributed by atoms with E-state index in [0.717, 1.165) is 0 Å². The van der Waals surface area contributed by atoms with Crippen molar-refractivity contribution in [2.45, 2.75) is 19.9 Å². The topological polar surface area (TPSA) is 92.5 Å². The van der Waals surface area contributed by atoms with Crippen molar-refractivity contribution < 1.29 is 14.8 Å². The summed E-state index contributed by atoms with van der Waals surface area (Å²) in [4.78, 5) is 20.9. The van der Waals surface area contributed by atoms with Crippen LogP contribution in [0.5, 0.6) is 0 Å². The Balaban J connectivity index is 3.21. The Labute approximate surface area is 92.0 Å². The number of hydrogen-bond donors (Lipinski definition) is 2. The van der Waals surface area contributed by atoms with Crippen molar-refractivity contribution in [3.63, 3.8) is 0 Å². The maximum Gasteiger partial charge on any atom is 0.335 e. The van der Waals surface area contributed by atoms with E-state index in [4.69, 9.17) is 5.11 Å². The van der Waals surface area contributed by atoms with Crippen molar-refractivity contribution in [2.75, 3.05) is 5.32 Å². The van der Waals surface area contributed by atoms with Crippen molar-refractivity contribution in [3.8, 4) is 0 Å². The lowest BCUT2D eigenvalue weighted by Crippen LogP contribution is -2.12. The second-order valence-electron chi connectivity index (χ2n) is 3.59. The second kappa shape index (κ2) is 4.61. The molecule has 0 aliphatic heterocycles. The number of rotatable bonds is 4. The lowest BCUT2D eigenvalue weighted by molar-refractivity contribution is -0.384. The molecule has 0 aromatic heterocycles. The highest BCUT2D eigenvalue weighted by atomic mass is 16.6. The van der Waals surface area contributed by atoms with Crippen LogP contribution in [0.2, 0.25) is 0 Å². The summed E-state index contributed by atoms with van der Waals surface area (Å²) in [7, 11) is 0. The Morgan fingerprint density at radius 3 is 2.56 bits per heavy atom. The fourth-order valence-electron chi connectivity index (χ4n) is 1.25. The average molecular weight is 224 g/mol. The van der Waals surface area contributed by atoms with Crippen LogP contribution in [0.1, 0.15) is 24.2 Å². The predicted molar refractivity (Wildman–Crippen MR) is 58.8 cm³/mol. The van der Waals surface area contributed by atoms with E-state index in [1.807, 2.05) is 13.8 Å². The highest BCUT2D eigenvalue weighted by molar-refractivity contribution is 5.90. The number of nitro benzene ring substituents is 1. The summed E-state index contributed by atoms with van der Waals surface area (Å²) in [6.45, 7) is 3.63. The molecule has 0 atom stereocenters. The molecule has 0 aliphatic carbocycles.